The van der Waals surface area contributed by atoms with Crippen molar-refractivity contribution >= 4 is 0 Å². The van der Waals surface area contributed by atoms with Gasteiger partial charge in [-0.2, -0.15) is 0 Å². The monoisotopic (exact) mass is 245 g/mol. The summed E-state index contributed by atoms with van der Waals surface area (Å²) in [6.07, 6.45) is 0. The number of nitrogens with zero attached hydrogens (tertiary/aromatic N) is 2. The highest BCUT2D eigenvalue weighted by Crippen LogP contribution is 1.99. The van der Waals surface area contributed by atoms with Crippen LogP contribution in [-0.2, 0) is 0 Å². The minimum Gasteiger partial charge on any atom is -0.330 e. The normalized spacial score (nSPS) is 12.7. The Morgan fingerprint density at radius 1 is 1.00 bits per heavy atom. The summed E-state index contributed by atoms with van der Waals surface area (Å²) in [4.78, 5) is 2.55. The standard InChI is InChI=1S/C13H33N4/c1-13(2)16(11-12-17(4,5)6)10-9-15-8-7-14-3/h13-15H,7-12H2,1-6H3/q+1. The van der Waals surface area contributed by atoms with E-state index in [1.165, 1.54) is 13.1 Å². The Labute approximate surface area is 108 Å². The number of quaternary nitrogens is 1. The first kappa shape index (κ1) is 16.8. The summed E-state index contributed by atoms with van der Waals surface area (Å²) in [7, 11) is 8.75. The van der Waals surface area contributed by atoms with E-state index >= 15 is 0 Å². The lowest BCUT2D eigenvalue weighted by Crippen LogP contribution is -2.46. The molecule has 0 aliphatic carbocycles. The van der Waals surface area contributed by atoms with E-state index in [0.717, 1.165) is 30.7 Å². The van der Waals surface area contributed by atoms with Gasteiger partial charge in [-0.1, -0.05) is 0 Å². The van der Waals surface area contributed by atoms with Crippen molar-refractivity contribution in [2.24, 2.45) is 0 Å². The lowest BCUT2D eigenvalue weighted by molar-refractivity contribution is -0.869. The molecule has 0 aliphatic heterocycles. The summed E-state index contributed by atoms with van der Waals surface area (Å²) < 4.78 is 1.04. The second-order valence-corrected chi connectivity index (χ2v) is 6.00. The van der Waals surface area contributed by atoms with Gasteiger partial charge in [-0.25, -0.2) is 0 Å². The van der Waals surface area contributed by atoms with Crippen LogP contribution in [0.1, 0.15) is 13.8 Å². The fourth-order valence-electron chi connectivity index (χ4n) is 1.62. The maximum atomic E-state index is 3.46. The maximum absolute atomic E-state index is 3.46. The number of likely N-dealkylation sites (N-methyl/N-ethyl adjacent to an activating group) is 2. The van der Waals surface area contributed by atoms with Crippen molar-refractivity contribution < 1.29 is 4.48 Å². The van der Waals surface area contributed by atoms with Crippen molar-refractivity contribution in [2.45, 2.75) is 19.9 Å². The van der Waals surface area contributed by atoms with E-state index in [4.69, 9.17) is 0 Å². The molecule has 2 N–H and O–H groups in total. The Morgan fingerprint density at radius 2 is 1.65 bits per heavy atom. The van der Waals surface area contributed by atoms with Crippen molar-refractivity contribution in [3.63, 3.8) is 0 Å². The fourth-order valence-corrected chi connectivity index (χ4v) is 1.62. The molecule has 0 spiro atoms. The van der Waals surface area contributed by atoms with E-state index < -0.39 is 0 Å². The van der Waals surface area contributed by atoms with Gasteiger partial charge >= 0.3 is 0 Å². The molecule has 0 aliphatic rings. The summed E-state index contributed by atoms with van der Waals surface area (Å²) >= 11 is 0. The van der Waals surface area contributed by atoms with E-state index in [1.807, 2.05) is 7.05 Å². The molecule has 0 radical (unpaired) electrons. The highest BCUT2D eigenvalue weighted by molar-refractivity contribution is 4.64. The van der Waals surface area contributed by atoms with Gasteiger partial charge in [0.25, 0.3) is 0 Å². The van der Waals surface area contributed by atoms with Crippen molar-refractivity contribution in [1.82, 2.24) is 15.5 Å². The molecule has 4 heteroatoms. The van der Waals surface area contributed by atoms with Crippen molar-refractivity contribution in [2.75, 3.05) is 67.5 Å². The van der Waals surface area contributed by atoms with Crippen molar-refractivity contribution in [3.05, 3.63) is 0 Å². The lowest BCUT2D eigenvalue weighted by Gasteiger charge is -2.31. The molecule has 0 amide bonds. The van der Waals surface area contributed by atoms with E-state index in [0.29, 0.717) is 6.04 Å². The molecular formula is C13H33N4+. The molecule has 0 aromatic rings. The molecule has 0 aromatic heterocycles. The molecule has 17 heavy (non-hydrogen) atoms. The van der Waals surface area contributed by atoms with Gasteiger partial charge in [-0.15, -0.1) is 0 Å². The van der Waals surface area contributed by atoms with E-state index in [9.17, 15) is 0 Å². The van der Waals surface area contributed by atoms with Crippen molar-refractivity contribution in [1.29, 1.82) is 0 Å². The molecule has 4 nitrogen and oxygen atoms in total. The summed E-state index contributed by atoms with van der Waals surface area (Å²) in [5, 5.41) is 6.60. The maximum Gasteiger partial charge on any atom is 0.0909 e. The van der Waals surface area contributed by atoms with Crippen LogP contribution in [-0.4, -0.2) is 82.9 Å². The van der Waals surface area contributed by atoms with E-state index in [2.05, 4.69) is 50.5 Å². The van der Waals surface area contributed by atoms with Crippen LogP contribution in [0.4, 0.5) is 0 Å². The summed E-state index contributed by atoms with van der Waals surface area (Å²) in [5.41, 5.74) is 0. The quantitative estimate of drug-likeness (QED) is 0.426. The van der Waals surface area contributed by atoms with Gasteiger partial charge < -0.3 is 15.1 Å². The Kier molecular flexibility index (Phi) is 8.78. The number of hydrogen-bond acceptors (Lipinski definition) is 3. The Balaban J connectivity index is 3.76. The molecule has 0 unspecified atom stereocenters. The molecule has 0 aromatic carbocycles. The van der Waals surface area contributed by atoms with Gasteiger partial charge in [0.15, 0.2) is 0 Å². The topological polar surface area (TPSA) is 27.3 Å². The van der Waals surface area contributed by atoms with Gasteiger partial charge in [0.1, 0.15) is 0 Å². The minimum absolute atomic E-state index is 0.632. The van der Waals surface area contributed by atoms with Crippen LogP contribution in [0.25, 0.3) is 0 Å². The smallest absolute Gasteiger partial charge is 0.0909 e. The van der Waals surface area contributed by atoms with E-state index in [-0.39, 0.29) is 0 Å². The molecule has 0 fully saturated rings. The van der Waals surface area contributed by atoms with Crippen LogP contribution < -0.4 is 10.6 Å². The summed E-state index contributed by atoms with van der Waals surface area (Å²) in [6.45, 7) is 11.3. The summed E-state index contributed by atoms with van der Waals surface area (Å²) in [5.74, 6) is 0. The molecule has 0 rings (SSSR count). The van der Waals surface area contributed by atoms with Crippen LogP contribution in [0.3, 0.4) is 0 Å². The number of rotatable bonds is 10. The van der Waals surface area contributed by atoms with Gasteiger partial charge in [0.2, 0.25) is 0 Å². The first-order valence-electron chi connectivity index (χ1n) is 6.76. The van der Waals surface area contributed by atoms with Crippen LogP contribution in [0.15, 0.2) is 0 Å². The largest absolute Gasteiger partial charge is 0.330 e. The van der Waals surface area contributed by atoms with Gasteiger partial charge in [0.05, 0.1) is 27.7 Å². The highest BCUT2D eigenvalue weighted by atomic mass is 15.3. The van der Waals surface area contributed by atoms with Crippen LogP contribution in [0, 0.1) is 0 Å². The average Bonchev–Trinajstić information content (AvgIpc) is 2.20. The Hall–Kier alpha value is -0.160. The molecule has 0 saturated carbocycles. The number of hydrogen-bond donors (Lipinski definition) is 2. The zero-order valence-corrected chi connectivity index (χ0v) is 12.7. The SMILES string of the molecule is CNCCNCCN(CC[N+](C)(C)C)C(C)C. The zero-order valence-electron chi connectivity index (χ0n) is 12.7. The predicted molar refractivity (Wildman–Crippen MR) is 76.4 cm³/mol. The first-order chi connectivity index (χ1) is 7.87. The third-order valence-electron chi connectivity index (χ3n) is 2.92. The molecule has 104 valence electrons. The second kappa shape index (κ2) is 8.86. The van der Waals surface area contributed by atoms with Gasteiger partial charge in [0, 0.05) is 38.8 Å². The minimum atomic E-state index is 0.632. The van der Waals surface area contributed by atoms with E-state index in [1.54, 1.807) is 0 Å². The number of nitrogens with one attached hydrogen (secondary N) is 2. The van der Waals surface area contributed by atoms with Gasteiger partial charge in [-0.3, -0.25) is 4.90 Å². The third kappa shape index (κ3) is 10.7. The molecule has 0 bridgehead atoms. The summed E-state index contributed by atoms with van der Waals surface area (Å²) in [6, 6.07) is 0.632. The predicted octanol–water partition coefficient (Wildman–Crippen LogP) is 0.212. The average molecular weight is 245 g/mol. The third-order valence-corrected chi connectivity index (χ3v) is 2.92. The molecule has 0 heterocycles. The fraction of sp³-hybridized carbons (Fsp3) is 1.00. The van der Waals surface area contributed by atoms with Crippen LogP contribution in [0.5, 0.6) is 0 Å². The second-order valence-electron chi connectivity index (χ2n) is 6.00. The molecule has 0 atom stereocenters. The Bertz CT molecular complexity index is 175. The van der Waals surface area contributed by atoms with Crippen LogP contribution in [0.2, 0.25) is 0 Å². The van der Waals surface area contributed by atoms with Crippen LogP contribution >= 0.6 is 0 Å². The molecule has 0 saturated heterocycles. The zero-order chi connectivity index (χ0) is 13.3. The lowest BCUT2D eigenvalue weighted by atomic mass is 10.3. The highest BCUT2D eigenvalue weighted by Gasteiger charge is 2.13. The first-order valence-corrected chi connectivity index (χ1v) is 6.76. The van der Waals surface area contributed by atoms with Gasteiger partial charge in [-0.05, 0) is 20.9 Å². The Morgan fingerprint density at radius 3 is 2.12 bits per heavy atom. The molecular weight excluding hydrogens is 212 g/mol. The van der Waals surface area contributed by atoms with Crippen molar-refractivity contribution in [3.8, 4) is 0 Å².